The summed E-state index contributed by atoms with van der Waals surface area (Å²) < 4.78 is 10.3. The Morgan fingerprint density at radius 3 is 2.76 bits per heavy atom. The van der Waals surface area contributed by atoms with Crippen LogP contribution in [0.3, 0.4) is 0 Å². The van der Waals surface area contributed by atoms with E-state index < -0.39 is 0 Å². The van der Waals surface area contributed by atoms with Gasteiger partial charge in [0.1, 0.15) is 5.75 Å². The minimum atomic E-state index is -0.314. The third-order valence-corrected chi connectivity index (χ3v) is 5.45. The second-order valence-electron chi connectivity index (χ2n) is 6.69. The van der Waals surface area contributed by atoms with Crippen molar-refractivity contribution in [2.45, 2.75) is 24.4 Å². The van der Waals surface area contributed by atoms with Crippen LogP contribution < -0.4 is 15.0 Å². The number of rotatable bonds is 7. The van der Waals surface area contributed by atoms with Crippen LogP contribution in [0.1, 0.15) is 12.5 Å². The number of thioether (sulfide) groups is 1. The number of amides is 2. The molecule has 0 saturated carbocycles. The summed E-state index contributed by atoms with van der Waals surface area (Å²) in [6.07, 6.45) is 1.37. The van der Waals surface area contributed by atoms with Crippen LogP contribution in [-0.2, 0) is 20.9 Å². The molecule has 1 N–H and O–H groups in total. The first-order chi connectivity index (χ1) is 14.0. The van der Waals surface area contributed by atoms with Gasteiger partial charge in [0, 0.05) is 24.1 Å². The van der Waals surface area contributed by atoms with Gasteiger partial charge < -0.3 is 19.7 Å². The number of carbonyl (C=O) groups excluding carboxylic acids is 2. The molecule has 152 valence electrons. The van der Waals surface area contributed by atoms with Gasteiger partial charge in [-0.05, 0) is 36.8 Å². The van der Waals surface area contributed by atoms with Crippen LogP contribution in [0.5, 0.6) is 5.75 Å². The van der Waals surface area contributed by atoms with Crippen LogP contribution in [0.15, 0.2) is 64.4 Å². The van der Waals surface area contributed by atoms with Gasteiger partial charge in [0.2, 0.25) is 5.91 Å². The van der Waals surface area contributed by atoms with E-state index in [1.165, 1.54) is 17.8 Å². The second kappa shape index (κ2) is 9.62. The summed E-state index contributed by atoms with van der Waals surface area (Å²) in [5.41, 5.74) is 1.77. The molecule has 1 atom stereocenters. The molecule has 29 heavy (non-hydrogen) atoms. The number of para-hydroxylation sites is 1. The molecule has 1 unspecified atom stereocenters. The Bertz CT molecular complexity index is 929. The van der Waals surface area contributed by atoms with E-state index in [2.05, 4.69) is 5.32 Å². The number of hydrogen-bond donors (Lipinski definition) is 1. The Labute approximate surface area is 174 Å². The Hall–Kier alpha value is -2.77. The van der Waals surface area contributed by atoms with Crippen LogP contribution in [0.25, 0.3) is 0 Å². The van der Waals surface area contributed by atoms with Crippen LogP contribution in [-0.4, -0.2) is 38.7 Å². The Kier molecular flexibility index (Phi) is 6.95. The molecule has 0 fully saturated rings. The van der Waals surface area contributed by atoms with Crippen LogP contribution in [0.4, 0.5) is 5.69 Å². The second-order valence-corrected chi connectivity index (χ2v) is 7.77. The average Bonchev–Trinajstić information content (AvgIpc) is 2.71. The first-order valence-electron chi connectivity index (χ1n) is 9.24. The van der Waals surface area contributed by atoms with Crippen molar-refractivity contribution in [3.8, 4) is 5.75 Å². The van der Waals surface area contributed by atoms with E-state index in [1.54, 1.807) is 19.1 Å². The third-order valence-electron chi connectivity index (χ3n) is 4.37. The summed E-state index contributed by atoms with van der Waals surface area (Å²) in [5, 5.41) is 2.81. The quantitative estimate of drug-likeness (QED) is 0.707. The maximum Gasteiger partial charge on any atom is 0.265 e. The van der Waals surface area contributed by atoms with E-state index in [0.717, 1.165) is 21.9 Å². The first kappa shape index (κ1) is 21.0. The van der Waals surface area contributed by atoms with Crippen molar-refractivity contribution in [2.24, 2.45) is 0 Å². The summed E-state index contributed by atoms with van der Waals surface area (Å²) in [7, 11) is 3.19. The Morgan fingerprint density at radius 1 is 1.21 bits per heavy atom. The number of anilines is 1. The number of ether oxygens (including phenoxy) is 2. The number of fused-ring (bicyclic) bond motifs is 1. The molecular formula is C22H24N2O4S. The van der Waals surface area contributed by atoms with Crippen molar-refractivity contribution in [3.63, 3.8) is 0 Å². The maximum atomic E-state index is 13.2. The summed E-state index contributed by atoms with van der Waals surface area (Å²) >= 11 is 1.31. The number of hydrogen-bond acceptors (Lipinski definition) is 5. The fourth-order valence-corrected chi connectivity index (χ4v) is 4.10. The largest absolute Gasteiger partial charge is 0.497 e. The predicted molar refractivity (Wildman–Crippen MR) is 114 cm³/mol. The van der Waals surface area contributed by atoms with Gasteiger partial charge in [0.25, 0.3) is 5.91 Å². The fraction of sp³-hybridized carbons (Fsp3) is 0.273. The highest BCUT2D eigenvalue weighted by Crippen LogP contribution is 2.41. The molecule has 0 aliphatic carbocycles. The minimum absolute atomic E-state index is 0.145. The van der Waals surface area contributed by atoms with Crippen LogP contribution >= 0.6 is 11.8 Å². The lowest BCUT2D eigenvalue weighted by Gasteiger charge is -2.30. The molecule has 2 aromatic carbocycles. The normalized spacial score (nSPS) is 15.8. The number of carbonyl (C=O) groups is 2. The molecule has 0 bridgehead atoms. The van der Waals surface area contributed by atoms with E-state index >= 15 is 0 Å². The van der Waals surface area contributed by atoms with Gasteiger partial charge in [-0.25, -0.2) is 0 Å². The summed E-state index contributed by atoms with van der Waals surface area (Å²) in [5.74, 6) is 0.217. The molecule has 1 aliphatic rings. The zero-order valence-electron chi connectivity index (χ0n) is 16.7. The predicted octanol–water partition coefficient (Wildman–Crippen LogP) is 3.37. The van der Waals surface area contributed by atoms with Gasteiger partial charge in [-0.3, -0.25) is 9.59 Å². The fourth-order valence-electron chi connectivity index (χ4n) is 3.07. The van der Waals surface area contributed by atoms with Crippen LogP contribution in [0, 0.1) is 0 Å². The minimum Gasteiger partial charge on any atom is -0.497 e. The van der Waals surface area contributed by atoms with Crippen molar-refractivity contribution >= 4 is 29.3 Å². The SMILES string of the molecule is COCC(C)NC(=O)/C=C1/Sc2ccccc2N(Cc2cccc(OC)c2)C1=O. The topological polar surface area (TPSA) is 67.9 Å². The van der Waals surface area contributed by atoms with Gasteiger partial charge in [-0.15, -0.1) is 0 Å². The zero-order chi connectivity index (χ0) is 20.8. The number of nitrogens with one attached hydrogen (secondary N) is 1. The van der Waals surface area contributed by atoms with Gasteiger partial charge in [0.05, 0.1) is 30.9 Å². The van der Waals surface area contributed by atoms with Gasteiger partial charge >= 0.3 is 0 Å². The van der Waals surface area contributed by atoms with Gasteiger partial charge in [0.15, 0.2) is 0 Å². The molecule has 0 spiro atoms. The molecule has 0 aromatic heterocycles. The Balaban J connectivity index is 1.88. The standard InChI is InChI=1S/C22H24N2O4S/c1-15(14-27-2)23-21(25)12-20-22(26)24(18-9-4-5-10-19(18)29-20)13-16-7-6-8-17(11-16)28-3/h4-12,15H,13-14H2,1-3H3,(H,23,25)/b20-12+. The van der Waals surface area contributed by atoms with Crippen LogP contribution in [0.2, 0.25) is 0 Å². The lowest BCUT2D eigenvalue weighted by atomic mass is 10.1. The molecule has 6 nitrogen and oxygen atoms in total. The van der Waals surface area contributed by atoms with Crippen molar-refractivity contribution < 1.29 is 19.1 Å². The van der Waals surface area contributed by atoms with Crippen molar-refractivity contribution in [3.05, 3.63) is 65.1 Å². The summed E-state index contributed by atoms with van der Waals surface area (Å²) in [6.45, 7) is 2.63. The lowest BCUT2D eigenvalue weighted by molar-refractivity contribution is -0.118. The highest BCUT2D eigenvalue weighted by atomic mass is 32.2. The van der Waals surface area contributed by atoms with Crippen molar-refractivity contribution in [1.82, 2.24) is 5.32 Å². The molecule has 0 radical (unpaired) electrons. The molecule has 3 rings (SSSR count). The van der Waals surface area contributed by atoms with E-state index in [1.807, 2.05) is 55.5 Å². The molecule has 1 heterocycles. The maximum absolute atomic E-state index is 13.2. The summed E-state index contributed by atoms with van der Waals surface area (Å²) in [6, 6.07) is 15.1. The van der Waals surface area contributed by atoms with Crippen molar-refractivity contribution in [2.75, 3.05) is 25.7 Å². The molecular weight excluding hydrogens is 388 g/mol. The Morgan fingerprint density at radius 2 is 2.00 bits per heavy atom. The highest BCUT2D eigenvalue weighted by Gasteiger charge is 2.29. The number of methoxy groups -OCH3 is 2. The molecule has 7 heteroatoms. The van der Waals surface area contributed by atoms with Gasteiger partial charge in [-0.1, -0.05) is 36.0 Å². The van der Waals surface area contributed by atoms with E-state index in [0.29, 0.717) is 18.1 Å². The molecule has 2 aromatic rings. The van der Waals surface area contributed by atoms with E-state index in [4.69, 9.17) is 9.47 Å². The lowest BCUT2D eigenvalue weighted by Crippen LogP contribution is -2.37. The van der Waals surface area contributed by atoms with E-state index in [-0.39, 0.29) is 17.9 Å². The molecule has 0 saturated heterocycles. The number of nitrogens with zero attached hydrogens (tertiary/aromatic N) is 1. The molecule has 1 aliphatic heterocycles. The third kappa shape index (κ3) is 5.19. The number of benzene rings is 2. The highest BCUT2D eigenvalue weighted by molar-refractivity contribution is 8.04. The summed E-state index contributed by atoms with van der Waals surface area (Å²) in [4.78, 5) is 28.6. The molecule has 2 amide bonds. The smallest absolute Gasteiger partial charge is 0.265 e. The van der Waals surface area contributed by atoms with Gasteiger partial charge in [-0.2, -0.15) is 0 Å². The van der Waals surface area contributed by atoms with Crippen molar-refractivity contribution in [1.29, 1.82) is 0 Å². The van der Waals surface area contributed by atoms with E-state index in [9.17, 15) is 9.59 Å². The zero-order valence-corrected chi connectivity index (χ0v) is 17.5. The monoisotopic (exact) mass is 412 g/mol. The first-order valence-corrected chi connectivity index (χ1v) is 10.1. The average molecular weight is 413 g/mol.